The van der Waals surface area contributed by atoms with Crippen molar-refractivity contribution < 1.29 is 36.7 Å². The maximum Gasteiger partial charge on any atom is 0.325 e. The molecule has 166 valence electrons. The molecule has 0 atom stereocenters. The summed E-state index contributed by atoms with van der Waals surface area (Å²) in [6, 6.07) is 8.62. The second kappa shape index (κ2) is 10.2. The molecule has 2 aromatic rings. The first kappa shape index (κ1) is 22.5. The number of benzene rings is 1. The molecular formula is C19H21N3O8S. The van der Waals surface area contributed by atoms with Crippen LogP contribution in [0.2, 0.25) is 0 Å². The number of sulfonamides is 1. The predicted molar refractivity (Wildman–Crippen MR) is 107 cm³/mol. The lowest BCUT2D eigenvalue weighted by Crippen LogP contribution is -2.40. The summed E-state index contributed by atoms with van der Waals surface area (Å²) in [5.74, 6) is -1.96. The van der Waals surface area contributed by atoms with Gasteiger partial charge >= 0.3 is 5.97 Å². The SMILES string of the molecule is O=C(COC(=O)CNC(=O)c1ccco1)Nc1ccc(S(=O)(=O)N2CCOCC2)cc1. The Hall–Kier alpha value is -3.22. The quantitative estimate of drug-likeness (QED) is 0.542. The number of morpholine rings is 1. The molecule has 2 amide bonds. The van der Waals surface area contributed by atoms with Gasteiger partial charge in [-0.15, -0.1) is 0 Å². The number of ether oxygens (including phenoxy) is 2. The molecule has 0 spiro atoms. The summed E-state index contributed by atoms with van der Waals surface area (Å²) in [5.41, 5.74) is 0.341. The summed E-state index contributed by atoms with van der Waals surface area (Å²) in [5, 5.41) is 4.79. The van der Waals surface area contributed by atoms with Crippen molar-refractivity contribution in [1.29, 1.82) is 0 Å². The first-order chi connectivity index (χ1) is 14.9. The molecular weight excluding hydrogens is 430 g/mol. The van der Waals surface area contributed by atoms with Crippen LogP contribution in [-0.4, -0.2) is 70.0 Å². The van der Waals surface area contributed by atoms with E-state index in [9.17, 15) is 22.8 Å². The molecule has 1 aliphatic rings. The molecule has 0 saturated carbocycles. The van der Waals surface area contributed by atoms with Gasteiger partial charge < -0.3 is 24.5 Å². The van der Waals surface area contributed by atoms with Crippen LogP contribution < -0.4 is 10.6 Å². The summed E-state index contributed by atoms with van der Waals surface area (Å²) in [6.07, 6.45) is 1.32. The van der Waals surface area contributed by atoms with Gasteiger partial charge in [-0.1, -0.05) is 0 Å². The standard InChI is InChI=1S/C19H21N3O8S/c23-17(13-30-18(24)12-20-19(25)16-2-1-9-29-16)21-14-3-5-15(6-4-14)31(26,27)22-7-10-28-11-8-22/h1-6,9H,7-8,10-13H2,(H,20,25)(H,21,23). The fraction of sp³-hybridized carbons (Fsp3) is 0.316. The fourth-order valence-electron chi connectivity index (χ4n) is 2.69. The summed E-state index contributed by atoms with van der Waals surface area (Å²) >= 11 is 0. The maximum absolute atomic E-state index is 12.6. The van der Waals surface area contributed by atoms with Crippen molar-refractivity contribution in [3.63, 3.8) is 0 Å². The largest absolute Gasteiger partial charge is 0.459 e. The van der Waals surface area contributed by atoms with E-state index in [2.05, 4.69) is 10.6 Å². The normalized spacial score (nSPS) is 14.6. The van der Waals surface area contributed by atoms with Gasteiger partial charge in [0.05, 0.1) is 24.4 Å². The van der Waals surface area contributed by atoms with E-state index < -0.39 is 41.0 Å². The Kier molecular flexibility index (Phi) is 7.39. The van der Waals surface area contributed by atoms with Gasteiger partial charge in [0.2, 0.25) is 10.0 Å². The minimum absolute atomic E-state index is 0.0459. The van der Waals surface area contributed by atoms with Crippen LogP contribution in [-0.2, 0) is 29.1 Å². The second-order valence-electron chi connectivity index (χ2n) is 6.41. The average molecular weight is 451 g/mol. The van der Waals surface area contributed by atoms with Crippen LogP contribution in [0.25, 0.3) is 0 Å². The molecule has 2 N–H and O–H groups in total. The van der Waals surface area contributed by atoms with Crippen molar-refractivity contribution in [2.75, 3.05) is 44.8 Å². The van der Waals surface area contributed by atoms with E-state index >= 15 is 0 Å². The molecule has 1 aromatic heterocycles. The van der Waals surface area contributed by atoms with Crippen LogP contribution in [0.4, 0.5) is 5.69 Å². The Balaban J connectivity index is 1.44. The smallest absolute Gasteiger partial charge is 0.325 e. The molecule has 1 saturated heterocycles. The van der Waals surface area contributed by atoms with Gasteiger partial charge in [0.1, 0.15) is 6.54 Å². The number of nitrogens with one attached hydrogen (secondary N) is 2. The predicted octanol–water partition coefficient (Wildman–Crippen LogP) is 0.212. The number of amides is 2. The van der Waals surface area contributed by atoms with Crippen molar-refractivity contribution in [2.24, 2.45) is 0 Å². The highest BCUT2D eigenvalue weighted by atomic mass is 32.2. The Morgan fingerprint density at radius 3 is 2.42 bits per heavy atom. The summed E-state index contributed by atoms with van der Waals surface area (Å²) in [7, 11) is -3.63. The lowest BCUT2D eigenvalue weighted by atomic mass is 10.3. The zero-order valence-electron chi connectivity index (χ0n) is 16.4. The second-order valence-corrected chi connectivity index (χ2v) is 8.35. The Bertz CT molecular complexity index is 1010. The molecule has 12 heteroatoms. The maximum atomic E-state index is 12.6. The lowest BCUT2D eigenvalue weighted by molar-refractivity contribution is -0.146. The summed E-state index contributed by atoms with van der Waals surface area (Å²) in [4.78, 5) is 35.3. The molecule has 3 rings (SSSR count). The molecule has 31 heavy (non-hydrogen) atoms. The van der Waals surface area contributed by atoms with Gasteiger partial charge in [0, 0.05) is 18.8 Å². The highest BCUT2D eigenvalue weighted by Gasteiger charge is 2.26. The van der Waals surface area contributed by atoms with E-state index in [1.807, 2.05) is 0 Å². The number of hydrogen-bond acceptors (Lipinski definition) is 8. The number of furan rings is 1. The number of carbonyl (C=O) groups is 3. The zero-order valence-corrected chi connectivity index (χ0v) is 17.2. The number of carbonyl (C=O) groups excluding carboxylic acids is 3. The van der Waals surface area contributed by atoms with Crippen molar-refractivity contribution in [3.05, 3.63) is 48.4 Å². The molecule has 1 aliphatic heterocycles. The van der Waals surface area contributed by atoms with Crippen LogP contribution in [0.1, 0.15) is 10.6 Å². The number of anilines is 1. The molecule has 11 nitrogen and oxygen atoms in total. The van der Waals surface area contributed by atoms with Crippen molar-refractivity contribution in [2.45, 2.75) is 4.90 Å². The highest BCUT2D eigenvalue weighted by Crippen LogP contribution is 2.19. The van der Waals surface area contributed by atoms with E-state index in [-0.39, 0.29) is 23.7 Å². The summed E-state index contributed by atoms with van der Waals surface area (Å²) in [6.45, 7) is 0.268. The summed E-state index contributed by atoms with van der Waals surface area (Å²) < 4.78 is 41.3. The van der Waals surface area contributed by atoms with E-state index in [4.69, 9.17) is 13.9 Å². The third kappa shape index (κ3) is 6.13. The van der Waals surface area contributed by atoms with Crippen LogP contribution in [0.3, 0.4) is 0 Å². The number of rotatable bonds is 8. The molecule has 0 radical (unpaired) electrons. The Labute approximate surface area is 178 Å². The van der Waals surface area contributed by atoms with Gasteiger partial charge in [0.25, 0.3) is 11.8 Å². The first-order valence-corrected chi connectivity index (χ1v) is 10.8. The molecule has 1 fully saturated rings. The highest BCUT2D eigenvalue weighted by molar-refractivity contribution is 7.89. The van der Waals surface area contributed by atoms with Gasteiger partial charge in [0.15, 0.2) is 12.4 Å². The van der Waals surface area contributed by atoms with Gasteiger partial charge in [-0.2, -0.15) is 4.31 Å². The number of nitrogens with zero attached hydrogens (tertiary/aromatic N) is 1. The fourth-order valence-corrected chi connectivity index (χ4v) is 4.10. The monoisotopic (exact) mass is 451 g/mol. The first-order valence-electron chi connectivity index (χ1n) is 9.31. The molecule has 2 heterocycles. The van der Waals surface area contributed by atoms with Crippen molar-refractivity contribution in [1.82, 2.24) is 9.62 Å². The molecule has 1 aromatic carbocycles. The molecule has 0 bridgehead atoms. The van der Waals surface area contributed by atoms with Crippen LogP contribution >= 0.6 is 0 Å². The number of hydrogen-bond donors (Lipinski definition) is 2. The molecule has 0 unspecified atom stereocenters. The van der Waals surface area contributed by atoms with E-state index in [0.717, 1.165) is 0 Å². The van der Waals surface area contributed by atoms with Crippen LogP contribution in [0.15, 0.2) is 52.0 Å². The van der Waals surface area contributed by atoms with Gasteiger partial charge in [-0.05, 0) is 36.4 Å². The third-order valence-corrected chi connectivity index (χ3v) is 6.16. The molecule has 0 aliphatic carbocycles. The van der Waals surface area contributed by atoms with E-state index in [1.54, 1.807) is 0 Å². The minimum atomic E-state index is -3.63. The van der Waals surface area contributed by atoms with Gasteiger partial charge in [-0.3, -0.25) is 14.4 Å². The van der Waals surface area contributed by atoms with E-state index in [0.29, 0.717) is 18.9 Å². The third-order valence-electron chi connectivity index (χ3n) is 4.25. The lowest BCUT2D eigenvalue weighted by Gasteiger charge is -2.26. The Morgan fingerprint density at radius 2 is 1.77 bits per heavy atom. The van der Waals surface area contributed by atoms with Crippen molar-refractivity contribution in [3.8, 4) is 0 Å². The number of esters is 1. The van der Waals surface area contributed by atoms with E-state index in [1.165, 1.54) is 47.0 Å². The van der Waals surface area contributed by atoms with Crippen molar-refractivity contribution >= 4 is 33.5 Å². The van der Waals surface area contributed by atoms with Crippen LogP contribution in [0, 0.1) is 0 Å². The van der Waals surface area contributed by atoms with Gasteiger partial charge in [-0.25, -0.2) is 8.42 Å². The zero-order chi connectivity index (χ0) is 22.3. The Morgan fingerprint density at radius 1 is 1.06 bits per heavy atom. The topological polar surface area (TPSA) is 144 Å². The average Bonchev–Trinajstić information content (AvgIpc) is 3.32. The minimum Gasteiger partial charge on any atom is -0.459 e. The van der Waals surface area contributed by atoms with Crippen LogP contribution in [0.5, 0.6) is 0 Å².